The van der Waals surface area contributed by atoms with E-state index < -0.39 is 0 Å². The lowest BCUT2D eigenvalue weighted by Crippen LogP contribution is -2.49. The molecule has 2 fully saturated rings. The third-order valence-corrected chi connectivity index (χ3v) is 5.97. The first-order valence-electron chi connectivity index (χ1n) is 10.4. The maximum Gasteiger partial charge on any atom is 0.253 e. The van der Waals surface area contributed by atoms with Gasteiger partial charge >= 0.3 is 0 Å². The average Bonchev–Trinajstić information content (AvgIpc) is 2.72. The summed E-state index contributed by atoms with van der Waals surface area (Å²) < 4.78 is 0. The summed E-state index contributed by atoms with van der Waals surface area (Å²) in [4.78, 5) is 29.7. The number of hydrogen-bond acceptors (Lipinski definition) is 3. The van der Waals surface area contributed by atoms with Crippen LogP contribution in [0.2, 0.25) is 0 Å². The van der Waals surface area contributed by atoms with Crippen LogP contribution in [-0.2, 0) is 4.79 Å². The lowest BCUT2D eigenvalue weighted by atomic mass is 9.92. The molecule has 2 aliphatic rings. The fourth-order valence-electron chi connectivity index (χ4n) is 4.21. The van der Waals surface area contributed by atoms with Crippen molar-refractivity contribution in [1.82, 2.24) is 15.1 Å². The maximum atomic E-state index is 13.0. The average molecular weight is 408 g/mol. The summed E-state index contributed by atoms with van der Waals surface area (Å²) >= 11 is 0. The molecule has 1 atom stereocenters. The first-order valence-corrected chi connectivity index (χ1v) is 10.4. The van der Waals surface area contributed by atoms with Gasteiger partial charge in [0, 0.05) is 31.7 Å². The van der Waals surface area contributed by atoms with Crippen LogP contribution >= 0.6 is 12.4 Å². The summed E-state index contributed by atoms with van der Waals surface area (Å²) in [5.41, 5.74) is 1.87. The highest BCUT2D eigenvalue weighted by atomic mass is 35.5. The van der Waals surface area contributed by atoms with Gasteiger partial charge in [0.05, 0.1) is 5.92 Å². The first kappa shape index (κ1) is 22.7. The van der Waals surface area contributed by atoms with Gasteiger partial charge in [-0.1, -0.05) is 24.6 Å². The highest BCUT2D eigenvalue weighted by molar-refractivity contribution is 5.94. The van der Waals surface area contributed by atoms with Crippen molar-refractivity contribution in [1.29, 1.82) is 0 Å². The van der Waals surface area contributed by atoms with Crippen molar-refractivity contribution in [2.45, 2.75) is 39.5 Å². The normalized spacial score (nSPS) is 20.6. The zero-order valence-corrected chi connectivity index (χ0v) is 18.0. The van der Waals surface area contributed by atoms with Gasteiger partial charge in [0.15, 0.2) is 0 Å². The van der Waals surface area contributed by atoms with Gasteiger partial charge in [-0.25, -0.2) is 0 Å². The number of carbonyl (C=O) groups is 2. The predicted molar refractivity (Wildman–Crippen MR) is 115 cm³/mol. The van der Waals surface area contributed by atoms with Crippen LogP contribution in [0.15, 0.2) is 24.3 Å². The Morgan fingerprint density at radius 3 is 2.36 bits per heavy atom. The molecule has 0 bridgehead atoms. The molecular weight excluding hydrogens is 374 g/mol. The molecule has 2 heterocycles. The van der Waals surface area contributed by atoms with E-state index in [2.05, 4.69) is 12.2 Å². The second kappa shape index (κ2) is 10.8. The zero-order valence-electron chi connectivity index (χ0n) is 17.2. The molecule has 0 aliphatic carbocycles. The Bertz CT molecular complexity index is 642. The largest absolute Gasteiger partial charge is 0.342 e. The number of likely N-dealkylation sites (tertiary alicyclic amines) is 2. The highest BCUT2D eigenvalue weighted by Gasteiger charge is 2.33. The molecule has 1 aromatic rings. The minimum Gasteiger partial charge on any atom is -0.342 e. The quantitative estimate of drug-likeness (QED) is 0.815. The van der Waals surface area contributed by atoms with Crippen LogP contribution in [0.1, 0.15) is 48.5 Å². The summed E-state index contributed by atoms with van der Waals surface area (Å²) in [5, 5.41) is 3.42. The zero-order chi connectivity index (χ0) is 19.2. The molecule has 0 spiro atoms. The molecule has 1 N–H and O–H groups in total. The first-order chi connectivity index (χ1) is 13.1. The molecule has 2 aliphatic heterocycles. The van der Waals surface area contributed by atoms with E-state index in [1.54, 1.807) is 0 Å². The van der Waals surface area contributed by atoms with Gasteiger partial charge in [0.2, 0.25) is 5.91 Å². The van der Waals surface area contributed by atoms with E-state index in [0.29, 0.717) is 12.5 Å². The Balaban J connectivity index is 0.00000280. The molecule has 6 heteroatoms. The smallest absolute Gasteiger partial charge is 0.253 e. The van der Waals surface area contributed by atoms with E-state index in [1.165, 1.54) is 0 Å². The van der Waals surface area contributed by atoms with Crippen LogP contribution in [0, 0.1) is 18.8 Å². The minimum absolute atomic E-state index is 0. The van der Waals surface area contributed by atoms with Crippen LogP contribution < -0.4 is 5.32 Å². The fraction of sp³-hybridized carbons (Fsp3) is 0.636. The van der Waals surface area contributed by atoms with Crippen molar-refractivity contribution in [3.63, 3.8) is 0 Å². The van der Waals surface area contributed by atoms with Crippen LogP contribution in [0.25, 0.3) is 0 Å². The molecule has 28 heavy (non-hydrogen) atoms. The SMILES string of the molecule is CCNCC1CCN(C(=O)C2CCCN(C(=O)c3ccc(C)cc3)C2)CC1.Cl. The van der Waals surface area contributed by atoms with Gasteiger partial charge in [0.25, 0.3) is 5.91 Å². The van der Waals surface area contributed by atoms with Gasteiger partial charge in [-0.05, 0) is 63.7 Å². The van der Waals surface area contributed by atoms with Crippen LogP contribution in [-0.4, -0.2) is 60.9 Å². The lowest BCUT2D eigenvalue weighted by molar-refractivity contribution is -0.138. The minimum atomic E-state index is -0.0431. The second-order valence-electron chi connectivity index (χ2n) is 8.03. The Labute approximate surface area is 175 Å². The lowest BCUT2D eigenvalue weighted by Gasteiger charge is -2.38. The van der Waals surface area contributed by atoms with E-state index in [1.807, 2.05) is 41.0 Å². The number of carbonyl (C=O) groups excluding carboxylic acids is 2. The topological polar surface area (TPSA) is 52.7 Å². The number of nitrogens with one attached hydrogen (secondary N) is 1. The fourth-order valence-corrected chi connectivity index (χ4v) is 4.21. The number of halogens is 1. The number of nitrogens with zero attached hydrogens (tertiary/aromatic N) is 2. The molecule has 156 valence electrons. The van der Waals surface area contributed by atoms with E-state index in [-0.39, 0.29) is 30.1 Å². The molecule has 0 aromatic heterocycles. The number of hydrogen-bond donors (Lipinski definition) is 1. The number of amides is 2. The van der Waals surface area contributed by atoms with Gasteiger partial charge < -0.3 is 15.1 Å². The molecule has 0 saturated carbocycles. The van der Waals surface area contributed by atoms with E-state index in [4.69, 9.17) is 0 Å². The van der Waals surface area contributed by atoms with Crippen LogP contribution in [0.3, 0.4) is 0 Å². The maximum absolute atomic E-state index is 13.0. The molecular formula is C22H34ClN3O2. The van der Waals surface area contributed by atoms with Gasteiger partial charge in [-0.3, -0.25) is 9.59 Å². The van der Waals surface area contributed by atoms with E-state index in [0.717, 1.165) is 69.5 Å². The highest BCUT2D eigenvalue weighted by Crippen LogP contribution is 2.24. The molecule has 2 saturated heterocycles. The van der Waals surface area contributed by atoms with Crippen molar-refractivity contribution >= 4 is 24.2 Å². The second-order valence-corrected chi connectivity index (χ2v) is 8.03. The Hall–Kier alpha value is -1.59. The van der Waals surface area contributed by atoms with Crippen molar-refractivity contribution < 1.29 is 9.59 Å². The van der Waals surface area contributed by atoms with Crippen molar-refractivity contribution in [3.8, 4) is 0 Å². The standard InChI is InChI=1S/C22H33N3O2.ClH/c1-3-23-15-18-10-13-24(14-11-18)22(27)20-5-4-12-25(16-20)21(26)19-8-6-17(2)7-9-19;/h6-9,18,20,23H,3-5,10-16H2,1-2H3;1H. The number of rotatable bonds is 5. The van der Waals surface area contributed by atoms with Crippen molar-refractivity contribution in [2.75, 3.05) is 39.3 Å². The Kier molecular flexibility index (Phi) is 8.77. The van der Waals surface area contributed by atoms with E-state index >= 15 is 0 Å². The number of aryl methyl sites for hydroxylation is 1. The van der Waals surface area contributed by atoms with Crippen molar-refractivity contribution in [3.05, 3.63) is 35.4 Å². The number of benzene rings is 1. The van der Waals surface area contributed by atoms with Gasteiger partial charge in [-0.15, -0.1) is 12.4 Å². The third-order valence-electron chi connectivity index (χ3n) is 5.97. The van der Waals surface area contributed by atoms with Gasteiger partial charge in [-0.2, -0.15) is 0 Å². The molecule has 5 nitrogen and oxygen atoms in total. The molecule has 1 unspecified atom stereocenters. The molecule has 2 amide bonds. The summed E-state index contributed by atoms with van der Waals surface area (Å²) in [6, 6.07) is 7.71. The summed E-state index contributed by atoms with van der Waals surface area (Å²) in [5.74, 6) is 0.939. The van der Waals surface area contributed by atoms with Crippen molar-refractivity contribution in [2.24, 2.45) is 11.8 Å². The van der Waals surface area contributed by atoms with Crippen LogP contribution in [0.5, 0.6) is 0 Å². The summed E-state index contributed by atoms with van der Waals surface area (Å²) in [7, 11) is 0. The molecule has 3 rings (SSSR count). The molecule has 1 aromatic carbocycles. The van der Waals surface area contributed by atoms with Gasteiger partial charge in [0.1, 0.15) is 0 Å². The Morgan fingerprint density at radius 2 is 1.71 bits per heavy atom. The summed E-state index contributed by atoms with van der Waals surface area (Å²) in [6.45, 7) is 9.24. The predicted octanol–water partition coefficient (Wildman–Crippen LogP) is 3.12. The van der Waals surface area contributed by atoms with Crippen LogP contribution in [0.4, 0.5) is 0 Å². The Morgan fingerprint density at radius 1 is 1.04 bits per heavy atom. The number of piperidine rings is 2. The molecule has 0 radical (unpaired) electrons. The monoisotopic (exact) mass is 407 g/mol. The summed E-state index contributed by atoms with van der Waals surface area (Å²) in [6.07, 6.45) is 3.97. The third kappa shape index (κ3) is 5.71. The van der Waals surface area contributed by atoms with E-state index in [9.17, 15) is 9.59 Å².